The van der Waals surface area contributed by atoms with E-state index in [-0.39, 0.29) is 18.4 Å². The molecule has 2 aromatic heterocycles. The van der Waals surface area contributed by atoms with Crippen molar-refractivity contribution in [3.05, 3.63) is 70.7 Å². The number of carbonyl (C=O) groups is 2. The van der Waals surface area contributed by atoms with Crippen LogP contribution in [-0.4, -0.2) is 51.4 Å². The smallest absolute Gasteiger partial charge is 0.247 e. The Morgan fingerprint density at radius 3 is 2.84 bits per heavy atom. The van der Waals surface area contributed by atoms with Gasteiger partial charge in [0.15, 0.2) is 0 Å². The molecule has 1 aliphatic rings. The van der Waals surface area contributed by atoms with Crippen molar-refractivity contribution in [1.82, 2.24) is 10.3 Å². The number of nitrogens with two attached hydrogens (primary N) is 1. The lowest BCUT2D eigenvalue weighted by Gasteiger charge is -2.31. The molecular formula is C23H23N3O5S. The minimum Gasteiger partial charge on any atom is -0.483 e. The summed E-state index contributed by atoms with van der Waals surface area (Å²) in [4.78, 5) is 29.7. The number of nitrogens with one attached hydrogen (secondary N) is 1. The van der Waals surface area contributed by atoms with E-state index in [1.807, 2.05) is 29.6 Å². The molecule has 9 heteroatoms. The highest BCUT2D eigenvalue weighted by molar-refractivity contribution is 7.09. The number of carbonyl (C=O) groups excluding carboxylic acids is 2. The van der Waals surface area contributed by atoms with Crippen LogP contribution in [0.1, 0.15) is 11.3 Å². The number of primary amides is 1. The molecule has 0 saturated carbocycles. The predicted molar refractivity (Wildman–Crippen MR) is 120 cm³/mol. The highest BCUT2D eigenvalue weighted by Gasteiger charge is 2.35. The number of fused-ring (bicyclic) bond motifs is 1. The van der Waals surface area contributed by atoms with Crippen molar-refractivity contribution in [2.75, 3.05) is 0 Å². The SMILES string of the molecule is NC(=O)[C@H](Cc1cccs1)NC(=O)C1=C[C@@H](Oc2ccc3ccncc3c2)[C@H](O)[C@H](O)C1. The summed E-state index contributed by atoms with van der Waals surface area (Å²) in [6.07, 6.45) is 1.71. The second kappa shape index (κ2) is 9.47. The van der Waals surface area contributed by atoms with Gasteiger partial charge in [-0.2, -0.15) is 0 Å². The lowest BCUT2D eigenvalue weighted by atomic mass is 9.91. The molecule has 1 aliphatic carbocycles. The van der Waals surface area contributed by atoms with Gasteiger partial charge in [-0.1, -0.05) is 12.1 Å². The number of ether oxygens (including phenoxy) is 1. The van der Waals surface area contributed by atoms with E-state index in [4.69, 9.17) is 10.5 Å². The molecule has 0 aliphatic heterocycles. The quantitative estimate of drug-likeness (QED) is 0.426. The van der Waals surface area contributed by atoms with Crippen molar-refractivity contribution in [2.45, 2.75) is 37.2 Å². The fraction of sp³-hybridized carbons (Fsp3) is 0.261. The second-order valence-corrected chi connectivity index (χ2v) is 8.67. The van der Waals surface area contributed by atoms with E-state index in [9.17, 15) is 19.8 Å². The molecule has 0 unspecified atom stereocenters. The molecule has 2 amide bonds. The van der Waals surface area contributed by atoms with Gasteiger partial charge in [-0.3, -0.25) is 14.6 Å². The summed E-state index contributed by atoms with van der Waals surface area (Å²) in [5.41, 5.74) is 5.68. The Bertz CT molecular complexity index is 1150. The molecule has 1 aromatic carbocycles. The van der Waals surface area contributed by atoms with E-state index < -0.39 is 36.2 Å². The van der Waals surface area contributed by atoms with E-state index in [2.05, 4.69) is 10.3 Å². The zero-order chi connectivity index (χ0) is 22.7. The molecular weight excluding hydrogens is 430 g/mol. The van der Waals surface area contributed by atoms with Gasteiger partial charge in [-0.15, -0.1) is 11.3 Å². The van der Waals surface area contributed by atoms with E-state index in [0.717, 1.165) is 15.6 Å². The summed E-state index contributed by atoms with van der Waals surface area (Å²) < 4.78 is 5.88. The monoisotopic (exact) mass is 453 g/mol. The van der Waals surface area contributed by atoms with Crippen LogP contribution in [0.2, 0.25) is 0 Å². The standard InChI is InChI=1S/C23H23N3O5S/c24-22(29)18(11-17-2-1-7-32-17)26-23(30)14-9-19(27)21(28)20(10-14)31-16-4-3-13-5-6-25-12-15(13)8-16/h1-8,10,12,18-21,27-28H,9,11H2,(H2,24,29)(H,26,30)/t18-,19+,20+,21+/m0/s1. The van der Waals surface area contributed by atoms with Crippen LogP contribution in [0.25, 0.3) is 10.8 Å². The summed E-state index contributed by atoms with van der Waals surface area (Å²) in [7, 11) is 0. The molecule has 0 fully saturated rings. The minimum atomic E-state index is -1.21. The van der Waals surface area contributed by atoms with Crippen molar-refractivity contribution < 1.29 is 24.5 Å². The predicted octanol–water partition coefficient (Wildman–Crippen LogP) is 1.31. The first kappa shape index (κ1) is 21.9. The summed E-state index contributed by atoms with van der Waals surface area (Å²) >= 11 is 1.46. The first-order valence-corrected chi connectivity index (χ1v) is 11.0. The van der Waals surface area contributed by atoms with E-state index >= 15 is 0 Å². The van der Waals surface area contributed by atoms with Gasteiger partial charge in [0, 0.05) is 41.1 Å². The largest absolute Gasteiger partial charge is 0.483 e. The highest BCUT2D eigenvalue weighted by Crippen LogP contribution is 2.26. The third-order valence-corrected chi connectivity index (χ3v) is 6.23. The number of aliphatic hydroxyl groups is 2. The average molecular weight is 454 g/mol. The third kappa shape index (κ3) is 4.96. The Morgan fingerprint density at radius 1 is 1.25 bits per heavy atom. The number of aromatic nitrogens is 1. The van der Waals surface area contributed by atoms with Gasteiger partial charge in [-0.05, 0) is 41.1 Å². The number of nitrogens with zero attached hydrogens (tertiary/aromatic N) is 1. The van der Waals surface area contributed by atoms with Crippen LogP contribution in [0, 0.1) is 0 Å². The van der Waals surface area contributed by atoms with Crippen molar-refractivity contribution in [2.24, 2.45) is 5.73 Å². The topological polar surface area (TPSA) is 135 Å². The van der Waals surface area contributed by atoms with Crippen LogP contribution in [0.4, 0.5) is 0 Å². The van der Waals surface area contributed by atoms with Gasteiger partial charge in [-0.25, -0.2) is 0 Å². The molecule has 8 nitrogen and oxygen atoms in total. The van der Waals surface area contributed by atoms with Crippen LogP contribution >= 0.6 is 11.3 Å². The van der Waals surface area contributed by atoms with E-state index in [1.165, 1.54) is 17.4 Å². The molecule has 0 radical (unpaired) electrons. The van der Waals surface area contributed by atoms with Crippen LogP contribution in [0.3, 0.4) is 0 Å². The number of hydrogen-bond donors (Lipinski definition) is 4. The third-order valence-electron chi connectivity index (χ3n) is 5.34. The molecule has 4 atom stereocenters. The molecule has 0 spiro atoms. The number of rotatable bonds is 7. The molecule has 2 heterocycles. The van der Waals surface area contributed by atoms with Crippen molar-refractivity contribution in [3.8, 4) is 5.75 Å². The molecule has 0 saturated heterocycles. The van der Waals surface area contributed by atoms with Crippen LogP contribution in [0.15, 0.2) is 65.8 Å². The minimum absolute atomic E-state index is 0.0705. The lowest BCUT2D eigenvalue weighted by Crippen LogP contribution is -2.49. The number of amides is 2. The maximum atomic E-state index is 12.8. The number of thiophene rings is 1. The fourth-order valence-corrected chi connectivity index (χ4v) is 4.35. The summed E-state index contributed by atoms with van der Waals surface area (Å²) in [5.74, 6) is -0.721. The summed E-state index contributed by atoms with van der Waals surface area (Å²) in [5, 5.41) is 27.1. The Hall–Kier alpha value is -3.27. The summed E-state index contributed by atoms with van der Waals surface area (Å²) in [6.45, 7) is 0. The number of hydrogen-bond acceptors (Lipinski definition) is 7. The Morgan fingerprint density at radius 2 is 2.09 bits per heavy atom. The van der Waals surface area contributed by atoms with Gasteiger partial charge in [0.25, 0.3) is 0 Å². The van der Waals surface area contributed by atoms with Gasteiger partial charge >= 0.3 is 0 Å². The van der Waals surface area contributed by atoms with E-state index in [1.54, 1.807) is 24.5 Å². The number of benzene rings is 1. The molecule has 4 rings (SSSR count). The van der Waals surface area contributed by atoms with Gasteiger partial charge in [0.05, 0.1) is 6.10 Å². The Balaban J connectivity index is 1.51. The van der Waals surface area contributed by atoms with Crippen LogP contribution in [-0.2, 0) is 16.0 Å². The van der Waals surface area contributed by atoms with Crippen LogP contribution in [0.5, 0.6) is 5.75 Å². The van der Waals surface area contributed by atoms with Crippen molar-refractivity contribution in [1.29, 1.82) is 0 Å². The highest BCUT2D eigenvalue weighted by atomic mass is 32.1. The molecule has 0 bridgehead atoms. The Labute approximate surface area is 188 Å². The van der Waals surface area contributed by atoms with Crippen molar-refractivity contribution in [3.63, 3.8) is 0 Å². The summed E-state index contributed by atoms with van der Waals surface area (Å²) in [6, 6.07) is 10.1. The zero-order valence-corrected chi connectivity index (χ0v) is 17.9. The first-order chi connectivity index (χ1) is 15.4. The zero-order valence-electron chi connectivity index (χ0n) is 17.0. The Kier molecular flexibility index (Phi) is 6.50. The number of pyridine rings is 1. The molecule has 32 heavy (non-hydrogen) atoms. The maximum absolute atomic E-state index is 12.8. The molecule has 5 N–H and O–H groups in total. The molecule has 3 aromatic rings. The van der Waals surface area contributed by atoms with Gasteiger partial charge in [0.1, 0.15) is 24.0 Å². The van der Waals surface area contributed by atoms with Gasteiger partial charge < -0.3 is 26.0 Å². The first-order valence-electron chi connectivity index (χ1n) is 10.1. The maximum Gasteiger partial charge on any atom is 0.247 e. The second-order valence-electron chi connectivity index (χ2n) is 7.63. The van der Waals surface area contributed by atoms with E-state index in [0.29, 0.717) is 5.75 Å². The lowest BCUT2D eigenvalue weighted by molar-refractivity contribution is -0.126. The van der Waals surface area contributed by atoms with Crippen LogP contribution < -0.4 is 15.8 Å². The fourth-order valence-electron chi connectivity index (χ4n) is 3.60. The average Bonchev–Trinajstić information content (AvgIpc) is 3.29. The normalized spacial score (nSPS) is 21.6. The number of aliphatic hydroxyl groups excluding tert-OH is 2. The van der Waals surface area contributed by atoms with Gasteiger partial charge in [0.2, 0.25) is 11.8 Å². The van der Waals surface area contributed by atoms with Crippen molar-refractivity contribution >= 4 is 33.9 Å². The molecule has 166 valence electrons.